The average Bonchev–Trinajstić information content (AvgIpc) is 3.29. The van der Waals surface area contributed by atoms with Gasteiger partial charge in [0.2, 0.25) is 11.8 Å². The fourth-order valence-corrected chi connectivity index (χ4v) is 4.23. The number of halogens is 1. The molecule has 1 saturated heterocycles. The van der Waals surface area contributed by atoms with E-state index in [-0.39, 0.29) is 36.1 Å². The third kappa shape index (κ3) is 3.92. The van der Waals surface area contributed by atoms with E-state index in [1.54, 1.807) is 4.90 Å². The van der Waals surface area contributed by atoms with Crippen molar-refractivity contribution in [1.82, 2.24) is 15.3 Å². The maximum Gasteiger partial charge on any atom is 0.227 e. The van der Waals surface area contributed by atoms with Crippen LogP contribution in [0.15, 0.2) is 53.0 Å². The molecule has 0 saturated carbocycles. The lowest BCUT2D eigenvalue weighted by atomic mass is 10.0. The van der Waals surface area contributed by atoms with E-state index in [1.807, 2.05) is 62.4 Å². The third-order valence-electron chi connectivity index (χ3n) is 5.31. The molecule has 2 heterocycles. The van der Waals surface area contributed by atoms with Crippen molar-refractivity contribution in [2.45, 2.75) is 26.3 Å². The van der Waals surface area contributed by atoms with Crippen molar-refractivity contribution in [2.24, 2.45) is 11.8 Å². The number of H-pyrrole nitrogens is 1. The molecule has 2 N–H and O–H groups in total. The Morgan fingerprint density at radius 2 is 1.93 bits per heavy atom. The Balaban J connectivity index is 1.51. The molecule has 0 radical (unpaired) electrons. The van der Waals surface area contributed by atoms with Gasteiger partial charge in [-0.05, 0) is 46.1 Å². The first kappa shape index (κ1) is 19.6. The zero-order valence-corrected chi connectivity index (χ0v) is 17.9. The van der Waals surface area contributed by atoms with Gasteiger partial charge in [0.15, 0.2) is 0 Å². The van der Waals surface area contributed by atoms with Crippen LogP contribution >= 0.6 is 15.9 Å². The van der Waals surface area contributed by atoms with E-state index >= 15 is 0 Å². The summed E-state index contributed by atoms with van der Waals surface area (Å²) in [6.45, 7) is 4.47. The van der Waals surface area contributed by atoms with Crippen LogP contribution in [0.5, 0.6) is 0 Å². The molecule has 1 aliphatic heterocycles. The molecule has 3 aromatic rings. The molecule has 0 spiro atoms. The number of carbonyl (C=O) groups excluding carboxylic acids is 2. The van der Waals surface area contributed by atoms with Crippen molar-refractivity contribution in [1.29, 1.82) is 0 Å². The van der Waals surface area contributed by atoms with Crippen molar-refractivity contribution in [3.05, 3.63) is 58.8 Å². The smallest absolute Gasteiger partial charge is 0.227 e. The van der Waals surface area contributed by atoms with E-state index in [0.29, 0.717) is 6.54 Å². The number of carbonyl (C=O) groups is 2. The van der Waals surface area contributed by atoms with Crippen molar-refractivity contribution < 1.29 is 9.59 Å². The second-order valence-electron chi connectivity index (χ2n) is 7.73. The molecule has 1 aromatic heterocycles. The number of amides is 2. The number of anilines is 1. The number of hydrogen-bond donors (Lipinski definition) is 2. The predicted octanol–water partition coefficient (Wildman–Crippen LogP) is 4.19. The lowest BCUT2D eigenvalue weighted by molar-refractivity contribution is -0.127. The summed E-state index contributed by atoms with van der Waals surface area (Å²) in [4.78, 5) is 35.2. The highest BCUT2D eigenvalue weighted by molar-refractivity contribution is 9.10. The van der Waals surface area contributed by atoms with Gasteiger partial charge in [-0.3, -0.25) is 9.59 Å². The van der Waals surface area contributed by atoms with Crippen molar-refractivity contribution in [2.75, 3.05) is 11.4 Å². The quantitative estimate of drug-likeness (QED) is 0.606. The fourth-order valence-electron chi connectivity index (χ4n) is 3.73. The van der Waals surface area contributed by atoms with Crippen LogP contribution in [-0.2, 0) is 9.59 Å². The van der Waals surface area contributed by atoms with Gasteiger partial charge < -0.3 is 15.2 Å². The SMILES string of the molecule is CC(C)[C@H](NC(=O)C1CC(=O)N(c2ccccc2Br)C1)c1nc2ccccc2[nH]1. The number of aromatic amines is 1. The number of rotatable bonds is 5. The molecule has 0 bridgehead atoms. The van der Waals surface area contributed by atoms with Gasteiger partial charge >= 0.3 is 0 Å². The van der Waals surface area contributed by atoms with Gasteiger partial charge in [-0.15, -0.1) is 0 Å². The van der Waals surface area contributed by atoms with Crippen LogP contribution in [0, 0.1) is 11.8 Å². The predicted molar refractivity (Wildman–Crippen MR) is 116 cm³/mol. The number of nitrogens with one attached hydrogen (secondary N) is 2. The fraction of sp³-hybridized carbons (Fsp3) is 0.318. The molecule has 2 amide bonds. The number of nitrogens with zero attached hydrogens (tertiary/aromatic N) is 2. The largest absolute Gasteiger partial charge is 0.346 e. The van der Waals surface area contributed by atoms with Crippen LogP contribution in [0.2, 0.25) is 0 Å². The summed E-state index contributed by atoms with van der Waals surface area (Å²) >= 11 is 3.49. The van der Waals surface area contributed by atoms with E-state index in [1.165, 1.54) is 0 Å². The standard InChI is InChI=1S/C22H23BrN4O2/c1-13(2)20(21-24-16-8-4-5-9-17(16)25-21)26-22(29)14-11-19(28)27(12-14)18-10-6-3-7-15(18)23/h3-10,13-14,20H,11-12H2,1-2H3,(H,24,25)(H,26,29)/t14?,20-/m0/s1. The van der Waals surface area contributed by atoms with Gasteiger partial charge in [0.1, 0.15) is 5.82 Å². The second kappa shape index (κ2) is 7.99. The summed E-state index contributed by atoms with van der Waals surface area (Å²) in [7, 11) is 0. The van der Waals surface area contributed by atoms with Gasteiger partial charge in [0.05, 0.1) is 28.7 Å². The molecule has 1 unspecified atom stereocenters. The molecule has 1 aliphatic rings. The number of para-hydroxylation sites is 3. The minimum atomic E-state index is -0.389. The van der Waals surface area contributed by atoms with Crippen LogP contribution in [-0.4, -0.2) is 28.3 Å². The van der Waals surface area contributed by atoms with E-state index in [2.05, 4.69) is 31.2 Å². The van der Waals surface area contributed by atoms with Crippen LogP contribution in [0.1, 0.15) is 32.1 Å². The number of imidazole rings is 1. The van der Waals surface area contributed by atoms with Crippen LogP contribution in [0.25, 0.3) is 11.0 Å². The second-order valence-corrected chi connectivity index (χ2v) is 8.58. The number of aromatic nitrogens is 2. The van der Waals surface area contributed by atoms with E-state index < -0.39 is 0 Å². The summed E-state index contributed by atoms with van der Waals surface area (Å²) in [5.74, 6) is 0.340. The molecule has 6 nitrogen and oxygen atoms in total. The average molecular weight is 455 g/mol. The normalized spacial score (nSPS) is 17.9. The minimum absolute atomic E-state index is 0.0399. The molecule has 1 fully saturated rings. The molecule has 29 heavy (non-hydrogen) atoms. The molecule has 7 heteroatoms. The molecule has 4 rings (SSSR count). The van der Waals surface area contributed by atoms with Gasteiger partial charge in [-0.1, -0.05) is 38.1 Å². The third-order valence-corrected chi connectivity index (χ3v) is 5.98. The van der Waals surface area contributed by atoms with E-state index in [4.69, 9.17) is 0 Å². The highest BCUT2D eigenvalue weighted by Crippen LogP contribution is 2.32. The number of benzene rings is 2. The topological polar surface area (TPSA) is 78.1 Å². The van der Waals surface area contributed by atoms with Gasteiger partial charge in [0, 0.05) is 17.4 Å². The first-order chi connectivity index (χ1) is 13.9. The molecule has 150 valence electrons. The van der Waals surface area contributed by atoms with Crippen molar-refractivity contribution in [3.8, 4) is 0 Å². The molecule has 0 aliphatic carbocycles. The molecular weight excluding hydrogens is 432 g/mol. The van der Waals surface area contributed by atoms with Crippen LogP contribution < -0.4 is 10.2 Å². The maximum atomic E-state index is 13.0. The first-order valence-electron chi connectivity index (χ1n) is 9.74. The van der Waals surface area contributed by atoms with E-state index in [9.17, 15) is 9.59 Å². The highest BCUT2D eigenvalue weighted by atomic mass is 79.9. The molecular formula is C22H23BrN4O2. The Hall–Kier alpha value is -2.67. The first-order valence-corrected chi connectivity index (χ1v) is 10.5. The summed E-state index contributed by atoms with van der Waals surface area (Å²) in [5, 5.41) is 3.12. The van der Waals surface area contributed by atoms with Crippen molar-refractivity contribution in [3.63, 3.8) is 0 Å². The summed E-state index contributed by atoms with van der Waals surface area (Å²) in [6.07, 6.45) is 0.206. The molecule has 2 aromatic carbocycles. The Labute approximate surface area is 177 Å². The Kier molecular flexibility index (Phi) is 5.41. The summed E-state index contributed by atoms with van der Waals surface area (Å²) < 4.78 is 0.844. The zero-order valence-electron chi connectivity index (χ0n) is 16.4. The lowest BCUT2D eigenvalue weighted by Crippen LogP contribution is -2.38. The van der Waals surface area contributed by atoms with E-state index in [0.717, 1.165) is 27.0 Å². The number of fused-ring (bicyclic) bond motifs is 1. The van der Waals surface area contributed by atoms with Crippen LogP contribution in [0.3, 0.4) is 0 Å². The lowest BCUT2D eigenvalue weighted by Gasteiger charge is -2.22. The molecule has 2 atom stereocenters. The van der Waals surface area contributed by atoms with Gasteiger partial charge in [-0.25, -0.2) is 4.98 Å². The Bertz CT molecular complexity index is 1030. The number of hydrogen-bond acceptors (Lipinski definition) is 3. The maximum absolute atomic E-state index is 13.0. The Morgan fingerprint density at radius 3 is 2.66 bits per heavy atom. The minimum Gasteiger partial charge on any atom is -0.346 e. The van der Waals surface area contributed by atoms with Crippen LogP contribution in [0.4, 0.5) is 5.69 Å². The van der Waals surface area contributed by atoms with Crippen molar-refractivity contribution >= 4 is 44.5 Å². The zero-order chi connectivity index (χ0) is 20.5. The summed E-state index contributed by atoms with van der Waals surface area (Å²) in [5.41, 5.74) is 2.61. The highest BCUT2D eigenvalue weighted by Gasteiger charge is 2.37. The van der Waals surface area contributed by atoms with Gasteiger partial charge in [-0.2, -0.15) is 0 Å². The van der Waals surface area contributed by atoms with Gasteiger partial charge in [0.25, 0.3) is 0 Å². The monoisotopic (exact) mass is 454 g/mol. The summed E-state index contributed by atoms with van der Waals surface area (Å²) in [6, 6.07) is 15.1. The Morgan fingerprint density at radius 1 is 1.21 bits per heavy atom.